The zero-order valence-electron chi connectivity index (χ0n) is 12.6. The standard InChI is InChI=1S/C17H13N5O2/c18-13(23)9-12-15-16(24)10-5-1-2-6-11(10)20-17(15)22(21-12)14-7-3-4-8-19-14/h1-8H,9H2,(H2,18,23)(H,20,24). The van der Waals surface area contributed by atoms with E-state index in [1.165, 1.54) is 4.68 Å². The molecule has 0 saturated heterocycles. The van der Waals surface area contributed by atoms with Crippen LogP contribution in [0.3, 0.4) is 0 Å². The highest BCUT2D eigenvalue weighted by Gasteiger charge is 2.19. The lowest BCUT2D eigenvalue weighted by molar-refractivity contribution is -0.117. The van der Waals surface area contributed by atoms with Gasteiger partial charge in [-0.2, -0.15) is 9.78 Å². The fraction of sp³-hybridized carbons (Fsp3) is 0.0588. The molecule has 3 heterocycles. The van der Waals surface area contributed by atoms with Gasteiger partial charge in [0, 0.05) is 11.6 Å². The highest BCUT2D eigenvalue weighted by molar-refractivity contribution is 5.94. The normalized spacial score (nSPS) is 11.2. The SMILES string of the molecule is NC(=O)Cc1nn(-c2ccccn2)c2[nH]c3ccccc3c(=O)c12. The van der Waals surface area contributed by atoms with Crippen LogP contribution in [0, 0.1) is 0 Å². The molecule has 24 heavy (non-hydrogen) atoms. The van der Waals surface area contributed by atoms with E-state index < -0.39 is 5.91 Å². The number of nitrogens with one attached hydrogen (secondary N) is 1. The van der Waals surface area contributed by atoms with Crippen LogP contribution in [0.1, 0.15) is 5.69 Å². The van der Waals surface area contributed by atoms with Crippen LogP contribution in [-0.4, -0.2) is 25.7 Å². The Hall–Kier alpha value is -3.48. The van der Waals surface area contributed by atoms with Crippen LogP contribution in [0.2, 0.25) is 0 Å². The van der Waals surface area contributed by atoms with Crippen LogP contribution in [0.4, 0.5) is 0 Å². The first-order chi connectivity index (χ1) is 11.6. The lowest BCUT2D eigenvalue weighted by Gasteiger charge is -2.03. The van der Waals surface area contributed by atoms with Gasteiger partial charge in [0.15, 0.2) is 5.82 Å². The van der Waals surface area contributed by atoms with Crippen molar-refractivity contribution in [1.82, 2.24) is 19.7 Å². The minimum Gasteiger partial charge on any atom is -0.369 e. The van der Waals surface area contributed by atoms with Crippen LogP contribution in [0.25, 0.3) is 27.8 Å². The van der Waals surface area contributed by atoms with E-state index in [0.29, 0.717) is 33.4 Å². The molecule has 0 aliphatic carbocycles. The van der Waals surface area contributed by atoms with E-state index >= 15 is 0 Å². The molecule has 118 valence electrons. The number of nitrogens with zero attached hydrogens (tertiary/aromatic N) is 3. The highest BCUT2D eigenvalue weighted by Crippen LogP contribution is 2.20. The maximum absolute atomic E-state index is 12.9. The van der Waals surface area contributed by atoms with Crippen molar-refractivity contribution in [2.75, 3.05) is 0 Å². The van der Waals surface area contributed by atoms with E-state index in [0.717, 1.165) is 0 Å². The third-order valence-corrected chi connectivity index (χ3v) is 3.82. The molecule has 0 radical (unpaired) electrons. The average Bonchev–Trinajstić information content (AvgIpc) is 2.94. The van der Waals surface area contributed by atoms with Crippen molar-refractivity contribution in [1.29, 1.82) is 0 Å². The molecule has 4 rings (SSSR count). The summed E-state index contributed by atoms with van der Waals surface area (Å²) < 4.78 is 1.53. The summed E-state index contributed by atoms with van der Waals surface area (Å²) in [5.74, 6) is -0.000666. The second-order valence-electron chi connectivity index (χ2n) is 5.41. The molecule has 0 fully saturated rings. The van der Waals surface area contributed by atoms with Crippen LogP contribution in [0.5, 0.6) is 0 Å². The van der Waals surface area contributed by atoms with Gasteiger partial charge in [-0.3, -0.25) is 9.59 Å². The maximum Gasteiger partial charge on any atom is 0.223 e. The number of aromatic amines is 1. The molecule has 0 bridgehead atoms. The lowest BCUT2D eigenvalue weighted by atomic mass is 10.1. The summed E-state index contributed by atoms with van der Waals surface area (Å²) in [6.45, 7) is 0. The van der Waals surface area contributed by atoms with Crippen molar-refractivity contribution < 1.29 is 4.79 Å². The molecule has 0 saturated carbocycles. The number of carbonyl (C=O) groups is 1. The Bertz CT molecular complexity index is 1130. The van der Waals surface area contributed by atoms with Gasteiger partial charge in [0.2, 0.25) is 11.3 Å². The second kappa shape index (κ2) is 5.31. The third kappa shape index (κ3) is 2.14. The number of hydrogen-bond donors (Lipinski definition) is 2. The minimum atomic E-state index is -0.546. The summed E-state index contributed by atoms with van der Waals surface area (Å²) in [6, 6.07) is 12.6. The van der Waals surface area contributed by atoms with Crippen LogP contribution in [0.15, 0.2) is 53.5 Å². The van der Waals surface area contributed by atoms with Gasteiger partial charge in [0.25, 0.3) is 0 Å². The van der Waals surface area contributed by atoms with Gasteiger partial charge in [0.1, 0.15) is 5.65 Å². The number of fused-ring (bicyclic) bond motifs is 2. The van der Waals surface area contributed by atoms with Crippen LogP contribution >= 0.6 is 0 Å². The van der Waals surface area contributed by atoms with Gasteiger partial charge in [0.05, 0.1) is 23.0 Å². The number of rotatable bonds is 3. The van der Waals surface area contributed by atoms with Gasteiger partial charge in [-0.15, -0.1) is 0 Å². The van der Waals surface area contributed by atoms with Crippen molar-refractivity contribution >= 4 is 27.8 Å². The smallest absolute Gasteiger partial charge is 0.223 e. The molecule has 0 spiro atoms. The zero-order chi connectivity index (χ0) is 16.7. The van der Waals surface area contributed by atoms with Crippen molar-refractivity contribution in [3.05, 3.63) is 64.6 Å². The quantitative estimate of drug-likeness (QED) is 0.593. The average molecular weight is 319 g/mol. The van der Waals surface area contributed by atoms with E-state index in [1.807, 2.05) is 18.2 Å². The third-order valence-electron chi connectivity index (χ3n) is 3.82. The molecular formula is C17H13N5O2. The minimum absolute atomic E-state index is 0.113. The first-order valence-electron chi connectivity index (χ1n) is 7.37. The summed E-state index contributed by atoms with van der Waals surface area (Å²) >= 11 is 0. The molecule has 3 aromatic heterocycles. The molecule has 0 atom stereocenters. The van der Waals surface area contributed by atoms with Gasteiger partial charge < -0.3 is 10.7 Å². The Morgan fingerprint density at radius 2 is 1.96 bits per heavy atom. The molecular weight excluding hydrogens is 306 g/mol. The number of H-pyrrole nitrogens is 1. The molecule has 7 nitrogen and oxygen atoms in total. The Balaban J connectivity index is 2.14. The van der Waals surface area contributed by atoms with Crippen LogP contribution < -0.4 is 11.2 Å². The number of amides is 1. The summed E-state index contributed by atoms with van der Waals surface area (Å²) in [5.41, 5.74) is 6.66. The van der Waals surface area contributed by atoms with Gasteiger partial charge >= 0.3 is 0 Å². The van der Waals surface area contributed by atoms with E-state index in [-0.39, 0.29) is 11.8 Å². The summed E-state index contributed by atoms with van der Waals surface area (Å²) in [6.07, 6.45) is 1.52. The fourth-order valence-corrected chi connectivity index (χ4v) is 2.80. The lowest BCUT2D eigenvalue weighted by Crippen LogP contribution is -2.15. The molecule has 7 heteroatoms. The number of hydrogen-bond acceptors (Lipinski definition) is 4. The van der Waals surface area contributed by atoms with E-state index in [4.69, 9.17) is 5.73 Å². The topological polar surface area (TPSA) is 107 Å². The van der Waals surface area contributed by atoms with Gasteiger partial charge in [-0.25, -0.2) is 4.98 Å². The first-order valence-corrected chi connectivity index (χ1v) is 7.37. The number of primary amides is 1. The number of para-hydroxylation sites is 1. The van der Waals surface area contributed by atoms with Crippen LogP contribution in [-0.2, 0) is 11.2 Å². The monoisotopic (exact) mass is 319 g/mol. The maximum atomic E-state index is 12.9. The Labute approximate surface area is 135 Å². The Morgan fingerprint density at radius 1 is 1.17 bits per heavy atom. The van der Waals surface area contributed by atoms with Crippen molar-refractivity contribution in [2.45, 2.75) is 6.42 Å². The van der Waals surface area contributed by atoms with Crippen molar-refractivity contribution in [3.8, 4) is 5.82 Å². The number of benzene rings is 1. The van der Waals surface area contributed by atoms with E-state index in [1.54, 1.807) is 30.5 Å². The predicted molar refractivity (Wildman–Crippen MR) is 89.9 cm³/mol. The largest absolute Gasteiger partial charge is 0.369 e. The van der Waals surface area contributed by atoms with E-state index in [9.17, 15) is 9.59 Å². The highest BCUT2D eigenvalue weighted by atomic mass is 16.1. The fourth-order valence-electron chi connectivity index (χ4n) is 2.80. The Morgan fingerprint density at radius 3 is 2.71 bits per heavy atom. The zero-order valence-corrected chi connectivity index (χ0v) is 12.6. The predicted octanol–water partition coefficient (Wildman–Crippen LogP) is 1.29. The molecule has 1 aromatic carbocycles. The number of nitrogens with two attached hydrogens (primary N) is 1. The molecule has 0 unspecified atom stereocenters. The first kappa shape index (κ1) is 14.1. The summed E-state index contributed by atoms with van der Waals surface area (Å²) in [7, 11) is 0. The second-order valence-corrected chi connectivity index (χ2v) is 5.41. The number of pyridine rings is 2. The molecule has 4 aromatic rings. The van der Waals surface area contributed by atoms with E-state index in [2.05, 4.69) is 15.1 Å². The molecule has 3 N–H and O–H groups in total. The van der Waals surface area contributed by atoms with Gasteiger partial charge in [-0.05, 0) is 24.3 Å². The molecule has 1 amide bonds. The number of aromatic nitrogens is 4. The van der Waals surface area contributed by atoms with Gasteiger partial charge in [-0.1, -0.05) is 18.2 Å². The van der Waals surface area contributed by atoms with Crippen molar-refractivity contribution in [3.63, 3.8) is 0 Å². The summed E-state index contributed by atoms with van der Waals surface area (Å²) in [4.78, 5) is 31.7. The molecule has 0 aliphatic rings. The summed E-state index contributed by atoms with van der Waals surface area (Å²) in [5, 5.41) is 5.30. The Kier molecular flexibility index (Phi) is 3.13. The van der Waals surface area contributed by atoms with Crippen molar-refractivity contribution in [2.24, 2.45) is 5.73 Å². The molecule has 0 aliphatic heterocycles. The number of carbonyl (C=O) groups excluding carboxylic acids is 1.